The number of halogens is 1. The Kier molecular flexibility index (Phi) is 1.51. The Morgan fingerprint density at radius 2 is 2.40 bits per heavy atom. The van der Waals surface area contributed by atoms with Gasteiger partial charge in [-0.15, -0.1) is 0 Å². The van der Waals surface area contributed by atoms with E-state index in [0.717, 1.165) is 16.5 Å². The average Bonchev–Trinajstić information content (AvgIpc) is 2.33. The highest BCUT2D eigenvalue weighted by Gasteiger charge is 2.09. The molecule has 1 aromatic carbocycles. The van der Waals surface area contributed by atoms with Crippen LogP contribution in [0.2, 0.25) is 5.02 Å². The summed E-state index contributed by atoms with van der Waals surface area (Å²) in [6, 6.07) is 5.94. The lowest BCUT2D eigenvalue weighted by atomic mass is 10.2. The largest absolute Gasteiger partial charge is 0.329 e. The van der Waals surface area contributed by atoms with Crippen LogP contribution in [0.25, 0.3) is 0 Å². The molecule has 1 aromatic rings. The Morgan fingerprint density at radius 1 is 1.50 bits per heavy atom. The van der Waals surface area contributed by atoms with E-state index in [4.69, 9.17) is 11.6 Å². The standard InChI is InChI=1S/C7H6ClNS/c8-6-2-1-5-4-10-9-7(5)3-6/h1-3,9H,4H2. The van der Waals surface area contributed by atoms with Gasteiger partial charge in [0.15, 0.2) is 0 Å². The van der Waals surface area contributed by atoms with Gasteiger partial charge in [0.25, 0.3) is 0 Å². The molecule has 0 amide bonds. The Hall–Kier alpha value is -0.340. The van der Waals surface area contributed by atoms with Gasteiger partial charge in [0, 0.05) is 16.5 Å². The second-order valence-corrected chi connectivity index (χ2v) is 3.41. The molecule has 0 atom stereocenters. The SMILES string of the molecule is Clc1ccc2c(c1)NSC2. The molecule has 0 aromatic heterocycles. The lowest BCUT2D eigenvalue weighted by Gasteiger charge is -1.96. The monoisotopic (exact) mass is 171 g/mol. The van der Waals surface area contributed by atoms with Crippen molar-refractivity contribution in [3.05, 3.63) is 28.8 Å². The van der Waals surface area contributed by atoms with Crippen LogP contribution in [0, 0.1) is 0 Å². The molecule has 1 nitrogen and oxygen atoms in total. The third-order valence-electron chi connectivity index (χ3n) is 1.48. The fourth-order valence-corrected chi connectivity index (χ4v) is 1.96. The summed E-state index contributed by atoms with van der Waals surface area (Å²) in [7, 11) is 0. The van der Waals surface area contributed by atoms with Gasteiger partial charge in [0.2, 0.25) is 0 Å². The third-order valence-corrected chi connectivity index (χ3v) is 2.54. The van der Waals surface area contributed by atoms with Crippen LogP contribution >= 0.6 is 23.5 Å². The summed E-state index contributed by atoms with van der Waals surface area (Å²) in [6.07, 6.45) is 0. The lowest BCUT2D eigenvalue weighted by molar-refractivity contribution is 1.46. The van der Waals surface area contributed by atoms with Gasteiger partial charge in [0.1, 0.15) is 0 Å². The predicted molar refractivity (Wildman–Crippen MR) is 46.4 cm³/mol. The van der Waals surface area contributed by atoms with Gasteiger partial charge in [-0.3, -0.25) is 0 Å². The maximum Gasteiger partial charge on any atom is 0.0496 e. The first kappa shape index (κ1) is 6.38. The Labute approximate surface area is 68.9 Å². The Morgan fingerprint density at radius 3 is 3.30 bits per heavy atom. The van der Waals surface area contributed by atoms with E-state index in [1.54, 1.807) is 11.9 Å². The number of benzene rings is 1. The molecule has 0 saturated heterocycles. The van der Waals surface area contributed by atoms with Crippen molar-refractivity contribution in [2.45, 2.75) is 5.75 Å². The smallest absolute Gasteiger partial charge is 0.0496 e. The first-order valence-electron chi connectivity index (χ1n) is 3.02. The fourth-order valence-electron chi connectivity index (χ4n) is 0.961. The van der Waals surface area contributed by atoms with Gasteiger partial charge in [-0.2, -0.15) is 0 Å². The fraction of sp³-hybridized carbons (Fsp3) is 0.143. The number of rotatable bonds is 0. The predicted octanol–water partition coefficient (Wildman–Crippen LogP) is 2.91. The molecular weight excluding hydrogens is 166 g/mol. The van der Waals surface area contributed by atoms with E-state index >= 15 is 0 Å². The minimum absolute atomic E-state index is 0.800. The molecule has 1 heterocycles. The molecule has 2 rings (SSSR count). The van der Waals surface area contributed by atoms with E-state index < -0.39 is 0 Å². The minimum atomic E-state index is 0.800. The molecule has 0 radical (unpaired) electrons. The van der Waals surface area contributed by atoms with Crippen LogP contribution in [0.5, 0.6) is 0 Å². The van der Waals surface area contributed by atoms with E-state index in [1.807, 2.05) is 12.1 Å². The molecule has 52 valence electrons. The molecule has 0 fully saturated rings. The van der Waals surface area contributed by atoms with Crippen LogP contribution in [0.1, 0.15) is 5.56 Å². The summed E-state index contributed by atoms with van der Waals surface area (Å²) in [5.41, 5.74) is 2.51. The molecule has 3 heteroatoms. The highest BCUT2D eigenvalue weighted by atomic mass is 35.5. The van der Waals surface area contributed by atoms with Gasteiger partial charge >= 0.3 is 0 Å². The van der Waals surface area contributed by atoms with Crippen molar-refractivity contribution in [3.8, 4) is 0 Å². The van der Waals surface area contributed by atoms with Crippen molar-refractivity contribution in [2.24, 2.45) is 0 Å². The first-order valence-corrected chi connectivity index (χ1v) is 4.39. The maximum absolute atomic E-state index is 5.77. The molecule has 1 aliphatic rings. The van der Waals surface area contributed by atoms with E-state index in [0.29, 0.717) is 0 Å². The van der Waals surface area contributed by atoms with E-state index in [-0.39, 0.29) is 0 Å². The van der Waals surface area contributed by atoms with Crippen LogP contribution < -0.4 is 4.72 Å². The number of hydrogen-bond acceptors (Lipinski definition) is 2. The van der Waals surface area contributed by atoms with Gasteiger partial charge in [0.05, 0.1) is 0 Å². The van der Waals surface area contributed by atoms with E-state index in [1.165, 1.54) is 5.56 Å². The van der Waals surface area contributed by atoms with Crippen LogP contribution in [0.15, 0.2) is 18.2 Å². The second kappa shape index (κ2) is 2.36. The van der Waals surface area contributed by atoms with Gasteiger partial charge < -0.3 is 4.72 Å². The molecule has 0 bridgehead atoms. The quantitative estimate of drug-likeness (QED) is 0.603. The third kappa shape index (κ3) is 0.976. The van der Waals surface area contributed by atoms with Gasteiger partial charge in [-0.1, -0.05) is 17.7 Å². The summed E-state index contributed by atoms with van der Waals surface area (Å²) in [4.78, 5) is 0. The minimum Gasteiger partial charge on any atom is -0.329 e. The molecule has 0 spiro atoms. The number of fused-ring (bicyclic) bond motifs is 1. The average molecular weight is 172 g/mol. The normalized spacial score (nSPS) is 14.5. The van der Waals surface area contributed by atoms with E-state index in [9.17, 15) is 0 Å². The highest BCUT2D eigenvalue weighted by Crippen LogP contribution is 2.32. The molecule has 1 aliphatic heterocycles. The summed E-state index contributed by atoms with van der Waals surface area (Å²) in [6.45, 7) is 0. The lowest BCUT2D eigenvalue weighted by Crippen LogP contribution is -1.78. The molecular formula is C7H6ClNS. The van der Waals surface area contributed by atoms with Crippen molar-refractivity contribution < 1.29 is 0 Å². The van der Waals surface area contributed by atoms with Gasteiger partial charge in [-0.05, 0) is 29.6 Å². The molecule has 1 N–H and O–H groups in total. The molecule has 0 unspecified atom stereocenters. The molecule has 10 heavy (non-hydrogen) atoms. The summed E-state index contributed by atoms with van der Waals surface area (Å²) in [5, 5.41) is 0.800. The van der Waals surface area contributed by atoms with Crippen LogP contribution in [0.4, 0.5) is 5.69 Å². The summed E-state index contributed by atoms with van der Waals surface area (Å²) < 4.78 is 3.17. The van der Waals surface area contributed by atoms with Crippen molar-refractivity contribution in [1.82, 2.24) is 0 Å². The number of hydrogen-bond donors (Lipinski definition) is 1. The molecule has 0 saturated carbocycles. The first-order chi connectivity index (χ1) is 4.86. The Bertz CT molecular complexity index is 262. The summed E-state index contributed by atoms with van der Waals surface area (Å²) in [5.74, 6) is 1.05. The van der Waals surface area contributed by atoms with Crippen molar-refractivity contribution in [3.63, 3.8) is 0 Å². The van der Waals surface area contributed by atoms with Crippen LogP contribution in [0.3, 0.4) is 0 Å². The number of anilines is 1. The van der Waals surface area contributed by atoms with E-state index in [2.05, 4.69) is 10.8 Å². The van der Waals surface area contributed by atoms with Crippen molar-refractivity contribution in [1.29, 1.82) is 0 Å². The van der Waals surface area contributed by atoms with Crippen molar-refractivity contribution >= 4 is 29.2 Å². The van der Waals surface area contributed by atoms with Crippen molar-refractivity contribution in [2.75, 3.05) is 4.72 Å². The zero-order valence-corrected chi connectivity index (χ0v) is 6.80. The highest BCUT2D eigenvalue weighted by molar-refractivity contribution is 8.00. The zero-order valence-electron chi connectivity index (χ0n) is 5.23. The molecule has 0 aliphatic carbocycles. The topological polar surface area (TPSA) is 12.0 Å². The number of nitrogens with one attached hydrogen (secondary N) is 1. The van der Waals surface area contributed by atoms with Crippen LogP contribution in [-0.2, 0) is 5.75 Å². The summed E-state index contributed by atoms with van der Waals surface area (Å²) >= 11 is 7.48. The maximum atomic E-state index is 5.77. The van der Waals surface area contributed by atoms with Gasteiger partial charge in [-0.25, -0.2) is 0 Å². The zero-order chi connectivity index (χ0) is 6.97. The second-order valence-electron chi connectivity index (χ2n) is 2.19. The van der Waals surface area contributed by atoms with Crippen LogP contribution in [-0.4, -0.2) is 0 Å². The Balaban J connectivity index is 2.52.